The fourth-order valence-corrected chi connectivity index (χ4v) is 4.28. The third kappa shape index (κ3) is 5.91. The highest BCUT2D eigenvalue weighted by molar-refractivity contribution is 7.80. The molecule has 184 valence electrons. The monoisotopic (exact) mass is 499 g/mol. The van der Waals surface area contributed by atoms with Gasteiger partial charge in [0.1, 0.15) is 11.6 Å². The zero-order valence-electron chi connectivity index (χ0n) is 18.3. The molecule has 2 aromatic rings. The van der Waals surface area contributed by atoms with Crippen LogP contribution in [0.1, 0.15) is 24.1 Å². The Morgan fingerprint density at radius 3 is 2.32 bits per heavy atom. The standard InChI is InChI=1S/C22H25F4N5O2S/c23-16-3-1-15(2-4-16)21(5-9-32-10-6-21)14-27-20(34)30-19-28-17(22(24,25)26)13-18(29-19)31-7-11-33-12-8-31/h1-4,13H,5-12,14H2,(H2,27,28,29,30,34). The van der Waals surface area contributed by atoms with Crippen LogP contribution in [0.2, 0.25) is 0 Å². The summed E-state index contributed by atoms with van der Waals surface area (Å²) in [6.45, 7) is 3.14. The number of hydrogen-bond donors (Lipinski definition) is 2. The number of hydrogen-bond acceptors (Lipinski definition) is 6. The van der Waals surface area contributed by atoms with Crippen molar-refractivity contribution in [3.05, 3.63) is 47.4 Å². The third-order valence-electron chi connectivity index (χ3n) is 6.06. The van der Waals surface area contributed by atoms with Gasteiger partial charge < -0.3 is 25.0 Å². The van der Waals surface area contributed by atoms with Crippen molar-refractivity contribution in [2.75, 3.05) is 56.3 Å². The summed E-state index contributed by atoms with van der Waals surface area (Å²) < 4.78 is 64.6. The van der Waals surface area contributed by atoms with Crippen LogP contribution in [0.4, 0.5) is 29.3 Å². The first kappa shape index (κ1) is 24.6. The van der Waals surface area contributed by atoms with Crippen LogP contribution in [0.25, 0.3) is 0 Å². The lowest BCUT2D eigenvalue weighted by Gasteiger charge is -2.38. The number of halogens is 4. The number of aromatic nitrogens is 2. The molecule has 2 aliphatic rings. The largest absolute Gasteiger partial charge is 0.433 e. The normalized spacial score (nSPS) is 18.4. The summed E-state index contributed by atoms with van der Waals surface area (Å²) in [5.41, 5.74) is -0.468. The van der Waals surface area contributed by atoms with Gasteiger partial charge in [0, 0.05) is 44.3 Å². The van der Waals surface area contributed by atoms with Crippen LogP contribution >= 0.6 is 12.2 Å². The SMILES string of the molecule is Fc1ccc(C2(CNC(=S)Nc3nc(N4CCOCC4)cc(C(F)(F)F)n3)CCOCC2)cc1. The molecule has 34 heavy (non-hydrogen) atoms. The predicted octanol–water partition coefficient (Wildman–Crippen LogP) is 3.51. The maximum absolute atomic E-state index is 13.5. The van der Waals surface area contributed by atoms with Crippen molar-refractivity contribution in [2.24, 2.45) is 0 Å². The second kappa shape index (κ2) is 10.4. The van der Waals surface area contributed by atoms with E-state index in [2.05, 4.69) is 20.6 Å². The summed E-state index contributed by atoms with van der Waals surface area (Å²) in [6, 6.07) is 7.23. The molecule has 0 aliphatic carbocycles. The van der Waals surface area contributed by atoms with E-state index in [-0.39, 0.29) is 28.1 Å². The molecule has 0 unspecified atom stereocenters. The number of rotatable bonds is 5. The summed E-state index contributed by atoms with van der Waals surface area (Å²) in [6.07, 6.45) is -3.25. The second-order valence-corrected chi connectivity index (χ2v) is 8.65. The highest BCUT2D eigenvalue weighted by Crippen LogP contribution is 2.35. The smallest absolute Gasteiger partial charge is 0.381 e. The van der Waals surface area contributed by atoms with Gasteiger partial charge in [-0.2, -0.15) is 18.2 Å². The predicted molar refractivity (Wildman–Crippen MR) is 122 cm³/mol. The van der Waals surface area contributed by atoms with Gasteiger partial charge in [0.05, 0.1) is 13.2 Å². The number of morpholine rings is 1. The molecule has 1 aromatic heterocycles. The van der Waals surface area contributed by atoms with Crippen molar-refractivity contribution in [3.63, 3.8) is 0 Å². The van der Waals surface area contributed by atoms with Gasteiger partial charge in [0.2, 0.25) is 5.95 Å². The van der Waals surface area contributed by atoms with Crippen LogP contribution in [0.3, 0.4) is 0 Å². The Hall–Kier alpha value is -2.57. The van der Waals surface area contributed by atoms with Crippen LogP contribution in [-0.2, 0) is 21.1 Å². The first-order valence-corrected chi connectivity index (χ1v) is 11.3. The molecule has 0 saturated carbocycles. The summed E-state index contributed by atoms with van der Waals surface area (Å²) in [4.78, 5) is 9.59. The van der Waals surface area contributed by atoms with E-state index < -0.39 is 11.9 Å². The maximum Gasteiger partial charge on any atom is 0.433 e. The van der Waals surface area contributed by atoms with Gasteiger partial charge in [0.15, 0.2) is 10.8 Å². The van der Waals surface area contributed by atoms with E-state index in [0.29, 0.717) is 58.9 Å². The lowest BCUT2D eigenvalue weighted by Crippen LogP contribution is -2.45. The second-order valence-electron chi connectivity index (χ2n) is 8.24. The van der Waals surface area contributed by atoms with Crippen molar-refractivity contribution in [3.8, 4) is 0 Å². The molecule has 0 radical (unpaired) electrons. The van der Waals surface area contributed by atoms with Crippen molar-refractivity contribution in [1.82, 2.24) is 15.3 Å². The van der Waals surface area contributed by atoms with Crippen molar-refractivity contribution >= 4 is 29.1 Å². The lowest BCUT2D eigenvalue weighted by molar-refractivity contribution is -0.141. The Labute approximate surface area is 199 Å². The molecule has 2 fully saturated rings. The van der Waals surface area contributed by atoms with Crippen LogP contribution in [0.15, 0.2) is 30.3 Å². The van der Waals surface area contributed by atoms with Crippen LogP contribution in [0, 0.1) is 5.82 Å². The quantitative estimate of drug-likeness (QED) is 0.479. The van der Waals surface area contributed by atoms with Crippen LogP contribution < -0.4 is 15.5 Å². The van der Waals surface area contributed by atoms with Crippen molar-refractivity contribution in [1.29, 1.82) is 0 Å². The fraction of sp³-hybridized carbons (Fsp3) is 0.500. The Bertz CT molecular complexity index is 994. The molecule has 2 aliphatic heterocycles. The number of alkyl halides is 3. The number of ether oxygens (including phenoxy) is 2. The molecule has 1 aromatic carbocycles. The van der Waals surface area contributed by atoms with Crippen LogP contribution in [0.5, 0.6) is 0 Å². The van der Waals surface area contributed by atoms with Gasteiger partial charge in [-0.15, -0.1) is 0 Å². The minimum Gasteiger partial charge on any atom is -0.381 e. The van der Waals surface area contributed by atoms with Gasteiger partial charge in [-0.05, 0) is 42.8 Å². The average molecular weight is 500 g/mol. The number of nitrogens with one attached hydrogen (secondary N) is 2. The van der Waals surface area contributed by atoms with E-state index in [1.807, 2.05) is 0 Å². The highest BCUT2D eigenvalue weighted by Gasteiger charge is 2.36. The molecular formula is C22H25F4N5O2S. The zero-order chi connectivity index (χ0) is 24.2. The van der Waals surface area contributed by atoms with E-state index in [1.165, 1.54) is 12.1 Å². The molecule has 2 saturated heterocycles. The maximum atomic E-state index is 13.5. The molecule has 0 spiro atoms. The van der Waals surface area contributed by atoms with Gasteiger partial charge in [-0.3, -0.25) is 0 Å². The van der Waals surface area contributed by atoms with E-state index >= 15 is 0 Å². The van der Waals surface area contributed by atoms with Gasteiger partial charge >= 0.3 is 6.18 Å². The van der Waals surface area contributed by atoms with E-state index in [0.717, 1.165) is 11.6 Å². The first-order chi connectivity index (χ1) is 16.2. The topological polar surface area (TPSA) is 71.5 Å². The minimum atomic E-state index is -4.63. The van der Waals surface area contributed by atoms with Gasteiger partial charge in [0.25, 0.3) is 0 Å². The summed E-state index contributed by atoms with van der Waals surface area (Å²) in [5.74, 6) is -0.409. The minimum absolute atomic E-state index is 0.0974. The molecule has 0 amide bonds. The van der Waals surface area contributed by atoms with Gasteiger partial charge in [-0.1, -0.05) is 12.1 Å². The summed E-state index contributed by atoms with van der Waals surface area (Å²) in [5, 5.41) is 5.89. The molecule has 7 nitrogen and oxygen atoms in total. The molecular weight excluding hydrogens is 474 g/mol. The Morgan fingerprint density at radius 1 is 1.03 bits per heavy atom. The Morgan fingerprint density at radius 2 is 1.68 bits per heavy atom. The zero-order valence-corrected chi connectivity index (χ0v) is 19.1. The molecule has 0 bridgehead atoms. The fourth-order valence-electron chi connectivity index (χ4n) is 4.12. The average Bonchev–Trinajstić information content (AvgIpc) is 2.83. The first-order valence-electron chi connectivity index (χ1n) is 10.9. The highest BCUT2D eigenvalue weighted by atomic mass is 32.1. The van der Waals surface area contributed by atoms with E-state index in [4.69, 9.17) is 21.7 Å². The molecule has 0 atom stereocenters. The summed E-state index contributed by atoms with van der Waals surface area (Å²) >= 11 is 5.35. The molecule has 12 heteroatoms. The van der Waals surface area contributed by atoms with E-state index in [9.17, 15) is 17.6 Å². The number of anilines is 2. The molecule has 4 rings (SSSR count). The Kier molecular flexibility index (Phi) is 7.48. The van der Waals surface area contributed by atoms with Gasteiger partial charge in [-0.25, -0.2) is 9.37 Å². The van der Waals surface area contributed by atoms with E-state index in [1.54, 1.807) is 17.0 Å². The van der Waals surface area contributed by atoms with Crippen molar-refractivity contribution in [2.45, 2.75) is 24.4 Å². The number of benzene rings is 1. The number of thiocarbonyl (C=S) groups is 1. The Balaban J connectivity index is 1.49. The third-order valence-corrected chi connectivity index (χ3v) is 6.30. The van der Waals surface area contributed by atoms with Crippen molar-refractivity contribution < 1.29 is 27.0 Å². The van der Waals surface area contributed by atoms with Crippen LogP contribution in [-0.4, -0.2) is 61.1 Å². The molecule has 2 N–H and O–H groups in total. The lowest BCUT2D eigenvalue weighted by atomic mass is 9.74. The number of nitrogens with zero attached hydrogens (tertiary/aromatic N) is 3. The molecule has 3 heterocycles. The summed E-state index contributed by atoms with van der Waals surface area (Å²) in [7, 11) is 0.